The van der Waals surface area contributed by atoms with E-state index in [9.17, 15) is 4.79 Å². The standard InChI is InChI=1S/C16H20N2O2/c1-16(17-2)7-9-18(10-8-16)15(19)13-11-20-14-6-4-3-5-12(13)14/h3-6,11,17H,7-10H2,1-2H3. The van der Waals surface area contributed by atoms with Crippen molar-refractivity contribution in [1.29, 1.82) is 0 Å². The first-order chi connectivity index (χ1) is 9.63. The molecular formula is C16H20N2O2. The number of nitrogens with zero attached hydrogens (tertiary/aromatic N) is 1. The molecule has 1 aliphatic rings. The maximum atomic E-state index is 12.6. The van der Waals surface area contributed by atoms with Crippen molar-refractivity contribution < 1.29 is 9.21 Å². The fraction of sp³-hybridized carbons (Fsp3) is 0.438. The Balaban J connectivity index is 1.80. The van der Waals surface area contributed by atoms with Crippen molar-refractivity contribution in [2.75, 3.05) is 20.1 Å². The number of piperidine rings is 1. The molecule has 1 amide bonds. The minimum atomic E-state index is 0.0769. The van der Waals surface area contributed by atoms with E-state index < -0.39 is 0 Å². The molecule has 0 bridgehead atoms. The average Bonchev–Trinajstić information content (AvgIpc) is 2.91. The number of carbonyl (C=O) groups excluding carboxylic acids is 1. The van der Waals surface area contributed by atoms with Crippen molar-refractivity contribution in [3.8, 4) is 0 Å². The van der Waals surface area contributed by atoms with Crippen molar-refractivity contribution >= 4 is 16.9 Å². The number of likely N-dealkylation sites (tertiary alicyclic amines) is 1. The number of hydrogen-bond donors (Lipinski definition) is 1. The van der Waals surface area contributed by atoms with Crippen molar-refractivity contribution in [2.24, 2.45) is 0 Å². The molecule has 0 atom stereocenters. The minimum Gasteiger partial charge on any atom is -0.463 e. The van der Waals surface area contributed by atoms with Gasteiger partial charge in [0.2, 0.25) is 0 Å². The first-order valence-electron chi connectivity index (χ1n) is 7.07. The van der Waals surface area contributed by atoms with Crippen LogP contribution in [0.15, 0.2) is 34.9 Å². The lowest BCUT2D eigenvalue weighted by atomic mass is 9.89. The van der Waals surface area contributed by atoms with Gasteiger partial charge in [-0.3, -0.25) is 4.79 Å². The Morgan fingerprint density at radius 3 is 2.70 bits per heavy atom. The fourth-order valence-corrected chi connectivity index (χ4v) is 2.77. The number of furan rings is 1. The molecule has 2 heterocycles. The van der Waals surface area contributed by atoms with E-state index in [1.807, 2.05) is 36.2 Å². The van der Waals surface area contributed by atoms with Crippen LogP contribution in [-0.2, 0) is 0 Å². The van der Waals surface area contributed by atoms with E-state index in [1.165, 1.54) is 0 Å². The second-order valence-corrected chi connectivity index (χ2v) is 5.75. The molecule has 1 aromatic heterocycles. The smallest absolute Gasteiger partial charge is 0.257 e. The fourth-order valence-electron chi connectivity index (χ4n) is 2.77. The van der Waals surface area contributed by atoms with E-state index >= 15 is 0 Å². The highest BCUT2D eigenvalue weighted by Gasteiger charge is 2.31. The van der Waals surface area contributed by atoms with Crippen LogP contribution >= 0.6 is 0 Å². The Morgan fingerprint density at radius 1 is 1.30 bits per heavy atom. The Hall–Kier alpha value is -1.81. The highest BCUT2D eigenvalue weighted by atomic mass is 16.3. The molecule has 4 heteroatoms. The van der Waals surface area contributed by atoms with Gasteiger partial charge in [0.1, 0.15) is 11.8 Å². The first-order valence-corrected chi connectivity index (χ1v) is 7.07. The monoisotopic (exact) mass is 272 g/mol. The van der Waals surface area contributed by atoms with E-state index in [1.54, 1.807) is 6.26 Å². The normalized spacial score (nSPS) is 18.4. The molecule has 1 aliphatic heterocycles. The molecule has 0 spiro atoms. The predicted octanol–water partition coefficient (Wildman–Crippen LogP) is 2.65. The second kappa shape index (κ2) is 4.94. The van der Waals surface area contributed by atoms with Crippen LogP contribution in [0.1, 0.15) is 30.1 Å². The largest absolute Gasteiger partial charge is 0.463 e. The van der Waals surface area contributed by atoms with E-state index in [2.05, 4.69) is 12.2 Å². The number of amides is 1. The number of fused-ring (bicyclic) bond motifs is 1. The van der Waals surface area contributed by atoms with Gasteiger partial charge in [-0.25, -0.2) is 0 Å². The van der Waals surface area contributed by atoms with Gasteiger partial charge in [-0.2, -0.15) is 0 Å². The highest BCUT2D eigenvalue weighted by Crippen LogP contribution is 2.26. The molecule has 1 aromatic carbocycles. The van der Waals surface area contributed by atoms with Crippen LogP contribution in [0.4, 0.5) is 0 Å². The van der Waals surface area contributed by atoms with Crippen LogP contribution in [0.3, 0.4) is 0 Å². The Kier molecular flexibility index (Phi) is 3.26. The maximum absolute atomic E-state index is 12.6. The lowest BCUT2D eigenvalue weighted by molar-refractivity contribution is 0.0663. The van der Waals surface area contributed by atoms with Crippen LogP contribution in [0, 0.1) is 0 Å². The van der Waals surface area contributed by atoms with Crippen LogP contribution in [0.25, 0.3) is 11.0 Å². The van der Waals surface area contributed by atoms with Gasteiger partial charge in [-0.05, 0) is 32.9 Å². The van der Waals surface area contributed by atoms with E-state index in [0.717, 1.165) is 36.9 Å². The number of carbonyl (C=O) groups is 1. The van der Waals surface area contributed by atoms with Crippen LogP contribution in [-0.4, -0.2) is 36.5 Å². The summed E-state index contributed by atoms with van der Waals surface area (Å²) in [6.45, 7) is 3.79. The van der Waals surface area contributed by atoms with Gasteiger partial charge in [0.25, 0.3) is 5.91 Å². The quantitative estimate of drug-likeness (QED) is 0.914. The third kappa shape index (κ3) is 2.20. The molecule has 0 radical (unpaired) electrons. The number of hydrogen-bond acceptors (Lipinski definition) is 3. The predicted molar refractivity (Wildman–Crippen MR) is 78.8 cm³/mol. The van der Waals surface area contributed by atoms with E-state index in [0.29, 0.717) is 5.56 Å². The first kappa shape index (κ1) is 13.2. The lowest BCUT2D eigenvalue weighted by Gasteiger charge is -2.39. The summed E-state index contributed by atoms with van der Waals surface area (Å²) >= 11 is 0. The van der Waals surface area contributed by atoms with Crippen LogP contribution in [0.5, 0.6) is 0 Å². The average molecular weight is 272 g/mol. The molecule has 0 unspecified atom stereocenters. The van der Waals surface area contributed by atoms with Gasteiger partial charge in [0, 0.05) is 24.0 Å². The Labute approximate surface area is 118 Å². The van der Waals surface area contributed by atoms with Gasteiger partial charge in [0.05, 0.1) is 5.56 Å². The molecule has 20 heavy (non-hydrogen) atoms. The number of para-hydroxylation sites is 1. The molecule has 1 fully saturated rings. The zero-order valence-corrected chi connectivity index (χ0v) is 12.0. The molecule has 1 N–H and O–H groups in total. The Morgan fingerprint density at radius 2 is 2.00 bits per heavy atom. The van der Waals surface area contributed by atoms with Gasteiger partial charge in [0.15, 0.2) is 0 Å². The molecule has 1 saturated heterocycles. The molecule has 3 rings (SSSR count). The summed E-state index contributed by atoms with van der Waals surface area (Å²) in [5, 5.41) is 4.25. The molecule has 0 aliphatic carbocycles. The summed E-state index contributed by atoms with van der Waals surface area (Å²) in [5.41, 5.74) is 1.59. The maximum Gasteiger partial charge on any atom is 0.257 e. The SMILES string of the molecule is CNC1(C)CCN(C(=O)c2coc3ccccc23)CC1. The number of nitrogens with one attached hydrogen (secondary N) is 1. The van der Waals surface area contributed by atoms with Crippen LogP contribution < -0.4 is 5.32 Å². The summed E-state index contributed by atoms with van der Waals surface area (Å²) in [6, 6.07) is 7.68. The highest BCUT2D eigenvalue weighted by molar-refractivity contribution is 6.05. The van der Waals surface area contributed by atoms with Crippen molar-refractivity contribution in [3.05, 3.63) is 36.1 Å². The third-order valence-corrected chi connectivity index (χ3v) is 4.47. The van der Waals surface area contributed by atoms with Crippen molar-refractivity contribution in [3.63, 3.8) is 0 Å². The lowest BCUT2D eigenvalue weighted by Crippen LogP contribution is -2.51. The van der Waals surface area contributed by atoms with E-state index in [4.69, 9.17) is 4.42 Å². The van der Waals surface area contributed by atoms with Gasteiger partial charge in [-0.15, -0.1) is 0 Å². The number of benzene rings is 1. The summed E-state index contributed by atoms with van der Waals surface area (Å²) in [7, 11) is 1.99. The summed E-state index contributed by atoms with van der Waals surface area (Å²) in [5.74, 6) is 0.0769. The minimum absolute atomic E-state index is 0.0769. The summed E-state index contributed by atoms with van der Waals surface area (Å²) in [4.78, 5) is 14.5. The van der Waals surface area contributed by atoms with Gasteiger partial charge >= 0.3 is 0 Å². The molecule has 0 saturated carbocycles. The summed E-state index contributed by atoms with van der Waals surface area (Å²) in [6.07, 6.45) is 3.54. The van der Waals surface area contributed by atoms with Crippen molar-refractivity contribution in [2.45, 2.75) is 25.3 Å². The molecular weight excluding hydrogens is 252 g/mol. The number of rotatable bonds is 2. The van der Waals surface area contributed by atoms with Gasteiger partial charge in [-0.1, -0.05) is 18.2 Å². The second-order valence-electron chi connectivity index (χ2n) is 5.75. The zero-order valence-electron chi connectivity index (χ0n) is 12.0. The van der Waals surface area contributed by atoms with Crippen molar-refractivity contribution in [1.82, 2.24) is 10.2 Å². The van der Waals surface area contributed by atoms with Gasteiger partial charge < -0.3 is 14.6 Å². The van der Waals surface area contributed by atoms with E-state index in [-0.39, 0.29) is 11.4 Å². The molecule has 4 nitrogen and oxygen atoms in total. The Bertz CT molecular complexity index is 624. The summed E-state index contributed by atoms with van der Waals surface area (Å²) < 4.78 is 5.46. The topological polar surface area (TPSA) is 45.5 Å². The molecule has 106 valence electrons. The molecule has 2 aromatic rings. The van der Waals surface area contributed by atoms with Crippen LogP contribution in [0.2, 0.25) is 0 Å². The third-order valence-electron chi connectivity index (χ3n) is 4.47. The zero-order chi connectivity index (χ0) is 14.2.